The molecule has 2 saturated heterocycles. The summed E-state index contributed by atoms with van der Waals surface area (Å²) >= 11 is 1.37. The monoisotopic (exact) mass is 854 g/mol. The lowest BCUT2D eigenvalue weighted by atomic mass is 9.94. The molecule has 0 radical (unpaired) electrons. The molecule has 10 N–H and O–H groups in total. The van der Waals surface area contributed by atoms with E-state index in [4.69, 9.17) is 4.74 Å². The maximum atomic E-state index is 14.0. The summed E-state index contributed by atoms with van der Waals surface area (Å²) < 4.78 is 5.77. The first-order valence-corrected chi connectivity index (χ1v) is 20.6. The molecule has 7 atom stereocenters. The van der Waals surface area contributed by atoms with Crippen LogP contribution in [0.5, 0.6) is 11.5 Å². The summed E-state index contributed by atoms with van der Waals surface area (Å²) in [6, 6.07) is 3.05. The fraction of sp³-hybridized carbons (Fsp3) is 0.462. The number of carbonyl (C=O) groups is 7. The normalized spacial score (nSPS) is 21.3. The van der Waals surface area contributed by atoms with E-state index in [1.165, 1.54) is 53.7 Å². The Kier molecular flexibility index (Phi) is 15.2. The first-order chi connectivity index (χ1) is 28.5. The van der Waals surface area contributed by atoms with Gasteiger partial charge in [-0.15, -0.1) is 0 Å². The molecule has 5 rings (SSSR count). The lowest BCUT2D eigenvalue weighted by Crippen LogP contribution is -2.62. The van der Waals surface area contributed by atoms with Crippen molar-refractivity contribution in [2.45, 2.75) is 88.1 Å². The van der Waals surface area contributed by atoms with Crippen LogP contribution in [0.3, 0.4) is 0 Å². The zero-order chi connectivity index (χ0) is 43.7. The van der Waals surface area contributed by atoms with E-state index in [1.807, 2.05) is 0 Å². The number of carbonyl (C=O) groups excluding carboxylic acids is 6. The van der Waals surface area contributed by atoms with Gasteiger partial charge in [0, 0.05) is 45.6 Å². The number of carboxylic acid groups (broad SMARTS) is 1. The Morgan fingerprint density at radius 1 is 1.02 bits per heavy atom. The number of carboxylic acids is 1. The third-order valence-electron chi connectivity index (χ3n) is 10.5. The minimum Gasteiger partial charge on any atom is -0.508 e. The summed E-state index contributed by atoms with van der Waals surface area (Å²) in [6.07, 6.45) is 0.730. The summed E-state index contributed by atoms with van der Waals surface area (Å²) in [5.41, 5.74) is 2.10. The molecule has 6 unspecified atom stereocenters. The van der Waals surface area contributed by atoms with Gasteiger partial charge in [0.25, 0.3) is 0 Å². The zero-order valence-electron chi connectivity index (χ0n) is 33.2. The third kappa shape index (κ3) is 11.6. The van der Waals surface area contributed by atoms with Crippen molar-refractivity contribution in [3.05, 3.63) is 71.1 Å². The van der Waals surface area contributed by atoms with Gasteiger partial charge in [-0.3, -0.25) is 29.4 Å². The van der Waals surface area contributed by atoms with Gasteiger partial charge in [-0.2, -0.15) is 11.8 Å². The van der Waals surface area contributed by atoms with E-state index in [2.05, 4.69) is 31.9 Å². The van der Waals surface area contributed by atoms with Crippen molar-refractivity contribution in [2.24, 2.45) is 0 Å². The number of aliphatic hydroxyl groups is 1. The van der Waals surface area contributed by atoms with Gasteiger partial charge < -0.3 is 56.6 Å². The molecule has 60 heavy (non-hydrogen) atoms. The largest absolute Gasteiger partial charge is 0.508 e. The molecule has 2 aromatic carbocycles. The molecule has 2 fully saturated rings. The Morgan fingerprint density at radius 2 is 1.75 bits per heavy atom. The number of phenolic OH excluding ortho intramolecular Hbond substituents is 2. The maximum absolute atomic E-state index is 14.0. The number of phenols is 2. The maximum Gasteiger partial charge on any atom is 0.326 e. The van der Waals surface area contributed by atoms with Gasteiger partial charge in [0.05, 0.1) is 12.1 Å². The van der Waals surface area contributed by atoms with Crippen molar-refractivity contribution < 1.29 is 58.7 Å². The summed E-state index contributed by atoms with van der Waals surface area (Å²) in [5.74, 6) is -3.71. The van der Waals surface area contributed by atoms with Crippen molar-refractivity contribution in [3.63, 3.8) is 0 Å². The Bertz CT molecular complexity index is 2000. The van der Waals surface area contributed by atoms with Gasteiger partial charge in [0.15, 0.2) is 6.23 Å². The number of nitrogens with one attached hydrogen (secondary N) is 6. The molecule has 21 heteroatoms. The number of imide groups is 1. The van der Waals surface area contributed by atoms with Gasteiger partial charge in [0.1, 0.15) is 41.5 Å². The van der Waals surface area contributed by atoms with E-state index in [-0.39, 0.29) is 55.9 Å². The average molecular weight is 855 g/mol. The van der Waals surface area contributed by atoms with Crippen LogP contribution in [0.2, 0.25) is 0 Å². The van der Waals surface area contributed by atoms with E-state index < -0.39 is 84.2 Å². The number of thioether (sulfide) groups is 1. The van der Waals surface area contributed by atoms with Crippen molar-refractivity contribution in [1.29, 1.82) is 0 Å². The standard InChI is InChI=1S/C39H50N8O12S/c1-20(46(2)36(54)27-16-23-15-25(49)8-7-22(23)18-40-27)33(35(53)41-19-30-29(50)17-32(59-30)47-11-9-31(51)44-39(47)58)45-34(52)26(10-12-60-3)42-38(57)43-28(37(55)56)14-21-5-4-6-24(48)13-21/h4-8,13,15,19-20,26-29,32-33,40,48-50H,9-12,14,16-18H2,1-3H3,(H,41,53)(H,45,52)(H,55,56)(H2,42,43,57)(H,44,51,58)/t20?,26?,27?,28-,29?,32?,33?/m0/s1. The quantitative estimate of drug-likeness (QED) is 0.103. The lowest BCUT2D eigenvalue weighted by molar-refractivity contribution is -0.139. The second kappa shape index (κ2) is 20.3. The molecule has 0 bridgehead atoms. The number of hydrogen-bond donors (Lipinski definition) is 10. The van der Waals surface area contributed by atoms with Crippen LogP contribution < -0.4 is 31.9 Å². The predicted molar refractivity (Wildman–Crippen MR) is 215 cm³/mol. The number of rotatable bonds is 16. The Hall–Kier alpha value is -6.06. The van der Waals surface area contributed by atoms with Crippen molar-refractivity contribution in [1.82, 2.24) is 41.7 Å². The van der Waals surface area contributed by atoms with Crippen LogP contribution in [-0.4, -0.2) is 140 Å². The molecule has 0 spiro atoms. The number of benzene rings is 2. The molecule has 8 amide bonds. The van der Waals surface area contributed by atoms with Crippen LogP contribution in [0, 0.1) is 0 Å². The molecule has 0 aliphatic carbocycles. The Morgan fingerprint density at radius 3 is 2.45 bits per heavy atom. The van der Waals surface area contributed by atoms with E-state index in [0.717, 1.165) is 17.3 Å². The third-order valence-corrected chi connectivity index (χ3v) is 11.1. The number of ether oxygens (including phenoxy) is 1. The van der Waals surface area contributed by atoms with E-state index in [9.17, 15) is 54.0 Å². The SMILES string of the molecule is CSCCC(NC(=O)N[C@@H](Cc1cccc(O)c1)C(=O)O)C(=O)NC(C(=O)NC=C1OC(N2CCC(=O)NC2=O)CC1O)C(C)N(C)C(=O)C1Cc2cc(O)ccc2CN1. The van der Waals surface area contributed by atoms with E-state index >= 15 is 0 Å². The highest BCUT2D eigenvalue weighted by atomic mass is 32.2. The first kappa shape index (κ1) is 45.0. The number of aromatic hydroxyl groups is 2. The number of nitrogens with zero attached hydrogens (tertiary/aromatic N) is 2. The van der Waals surface area contributed by atoms with Crippen molar-refractivity contribution in [2.75, 3.05) is 25.6 Å². The lowest BCUT2D eigenvalue weighted by Gasteiger charge is -2.36. The highest BCUT2D eigenvalue weighted by Gasteiger charge is 2.40. The summed E-state index contributed by atoms with van der Waals surface area (Å²) in [4.78, 5) is 93.8. The molecule has 3 aliphatic heterocycles. The molecule has 20 nitrogen and oxygen atoms in total. The van der Waals surface area contributed by atoms with Crippen molar-refractivity contribution >= 4 is 53.4 Å². The second-order valence-corrected chi connectivity index (χ2v) is 15.6. The van der Waals surface area contributed by atoms with Crippen molar-refractivity contribution in [3.8, 4) is 11.5 Å². The van der Waals surface area contributed by atoms with Crippen LogP contribution in [0.25, 0.3) is 0 Å². The zero-order valence-corrected chi connectivity index (χ0v) is 34.0. The molecule has 3 heterocycles. The van der Waals surface area contributed by atoms with Crippen LogP contribution in [-0.2, 0) is 48.1 Å². The highest BCUT2D eigenvalue weighted by molar-refractivity contribution is 7.98. The fourth-order valence-electron chi connectivity index (χ4n) is 6.98. The number of amides is 8. The average Bonchev–Trinajstić information content (AvgIpc) is 3.58. The molecule has 2 aromatic rings. The summed E-state index contributed by atoms with van der Waals surface area (Å²) in [5, 5.41) is 55.8. The van der Waals surface area contributed by atoms with Gasteiger partial charge in [0.2, 0.25) is 23.6 Å². The number of urea groups is 2. The number of aliphatic carboxylic acids is 1. The van der Waals surface area contributed by atoms with Crippen LogP contribution in [0.1, 0.15) is 42.9 Å². The number of fused-ring (bicyclic) bond motifs is 1. The molecular formula is C39H50N8O12S. The van der Waals surface area contributed by atoms with Gasteiger partial charge >= 0.3 is 18.0 Å². The number of likely N-dealkylation sites (N-methyl/N-ethyl adjacent to an activating group) is 1. The van der Waals surface area contributed by atoms with Crippen LogP contribution in [0.4, 0.5) is 9.59 Å². The highest BCUT2D eigenvalue weighted by Crippen LogP contribution is 2.27. The smallest absolute Gasteiger partial charge is 0.326 e. The molecular weight excluding hydrogens is 805 g/mol. The van der Waals surface area contributed by atoms with Gasteiger partial charge in [-0.1, -0.05) is 18.2 Å². The Labute approximate surface area is 349 Å². The fourth-order valence-corrected chi connectivity index (χ4v) is 7.45. The predicted octanol–water partition coefficient (Wildman–Crippen LogP) is -0.433. The molecule has 0 saturated carbocycles. The number of aliphatic hydroxyl groups excluding tert-OH is 1. The summed E-state index contributed by atoms with van der Waals surface area (Å²) in [7, 11) is 1.45. The second-order valence-electron chi connectivity index (χ2n) is 14.7. The van der Waals surface area contributed by atoms with Crippen LogP contribution in [0.15, 0.2) is 54.4 Å². The van der Waals surface area contributed by atoms with E-state index in [1.54, 1.807) is 30.5 Å². The molecule has 3 aliphatic rings. The minimum absolute atomic E-state index is 0.0298. The van der Waals surface area contributed by atoms with E-state index in [0.29, 0.717) is 17.9 Å². The molecule has 0 aromatic heterocycles. The minimum atomic E-state index is -1.49. The van der Waals surface area contributed by atoms with Gasteiger partial charge in [-0.25, -0.2) is 14.4 Å². The first-order valence-electron chi connectivity index (χ1n) is 19.2. The van der Waals surface area contributed by atoms with Crippen LogP contribution >= 0.6 is 11.8 Å². The van der Waals surface area contributed by atoms with Gasteiger partial charge in [-0.05, 0) is 72.7 Å². The number of hydrogen-bond acceptors (Lipinski definition) is 13. The summed E-state index contributed by atoms with van der Waals surface area (Å²) in [6.45, 7) is 1.92. The topological polar surface area (TPSA) is 288 Å². The molecule has 324 valence electrons. The Balaban J connectivity index is 1.33.